The number of carboxylic acid groups (broad SMARTS) is 1. The number of anilines is 1. The van der Waals surface area contributed by atoms with Crippen LogP contribution in [0.5, 0.6) is 0 Å². The molecular formula is C19H23N3O4S. The zero-order valence-corrected chi connectivity index (χ0v) is 15.9. The SMILES string of the molecule is CCN(CC(=O)NCc1cccs1)C(=O)CN(CC(=O)O)c1ccccc1. The molecule has 27 heavy (non-hydrogen) atoms. The van der Waals surface area contributed by atoms with Gasteiger partial charge < -0.3 is 20.2 Å². The Morgan fingerprint density at radius 3 is 2.37 bits per heavy atom. The van der Waals surface area contributed by atoms with Crippen molar-refractivity contribution in [3.63, 3.8) is 0 Å². The molecule has 0 aliphatic heterocycles. The van der Waals surface area contributed by atoms with Gasteiger partial charge in [-0.1, -0.05) is 24.3 Å². The molecule has 1 aromatic heterocycles. The van der Waals surface area contributed by atoms with Crippen LogP contribution in [0.2, 0.25) is 0 Å². The number of likely N-dealkylation sites (N-methyl/N-ethyl adjacent to an activating group) is 1. The molecule has 2 amide bonds. The molecule has 2 aromatic rings. The van der Waals surface area contributed by atoms with Crippen LogP contribution >= 0.6 is 11.3 Å². The van der Waals surface area contributed by atoms with Crippen molar-refractivity contribution in [2.45, 2.75) is 13.5 Å². The van der Waals surface area contributed by atoms with E-state index in [-0.39, 0.29) is 31.4 Å². The van der Waals surface area contributed by atoms with Crippen LogP contribution in [0, 0.1) is 0 Å². The molecule has 0 radical (unpaired) electrons. The molecule has 1 aromatic carbocycles. The minimum absolute atomic E-state index is 0.0591. The maximum Gasteiger partial charge on any atom is 0.323 e. The van der Waals surface area contributed by atoms with Crippen LogP contribution in [0.3, 0.4) is 0 Å². The van der Waals surface area contributed by atoms with Crippen LogP contribution in [0.1, 0.15) is 11.8 Å². The van der Waals surface area contributed by atoms with Crippen LogP contribution in [0.4, 0.5) is 5.69 Å². The Bertz CT molecular complexity index is 750. The summed E-state index contributed by atoms with van der Waals surface area (Å²) in [4.78, 5) is 39.8. The number of aliphatic carboxylic acids is 1. The number of thiophene rings is 1. The Morgan fingerprint density at radius 1 is 1.04 bits per heavy atom. The highest BCUT2D eigenvalue weighted by Gasteiger charge is 2.20. The van der Waals surface area contributed by atoms with Crippen molar-refractivity contribution in [1.29, 1.82) is 0 Å². The molecule has 0 unspecified atom stereocenters. The molecule has 8 heteroatoms. The van der Waals surface area contributed by atoms with E-state index in [0.717, 1.165) is 4.88 Å². The van der Waals surface area contributed by atoms with Gasteiger partial charge in [0.15, 0.2) is 0 Å². The summed E-state index contributed by atoms with van der Waals surface area (Å²) in [6, 6.07) is 12.7. The molecular weight excluding hydrogens is 366 g/mol. The molecule has 0 spiro atoms. The van der Waals surface area contributed by atoms with Gasteiger partial charge in [-0.25, -0.2) is 0 Å². The van der Waals surface area contributed by atoms with E-state index in [9.17, 15) is 14.4 Å². The second-order valence-corrected chi connectivity index (χ2v) is 6.88. The predicted molar refractivity (Wildman–Crippen MR) is 105 cm³/mol. The fourth-order valence-electron chi connectivity index (χ4n) is 2.51. The largest absolute Gasteiger partial charge is 0.480 e. The summed E-state index contributed by atoms with van der Waals surface area (Å²) in [5.41, 5.74) is 0.645. The van der Waals surface area contributed by atoms with Crippen molar-refractivity contribution in [3.8, 4) is 0 Å². The van der Waals surface area contributed by atoms with Crippen molar-refractivity contribution < 1.29 is 19.5 Å². The molecule has 1 heterocycles. The lowest BCUT2D eigenvalue weighted by Gasteiger charge is -2.27. The Balaban J connectivity index is 1.94. The number of carboxylic acids is 1. The Kier molecular flexibility index (Phi) is 7.81. The average Bonchev–Trinajstić information content (AvgIpc) is 3.17. The first-order chi connectivity index (χ1) is 13.0. The van der Waals surface area contributed by atoms with E-state index in [1.54, 1.807) is 42.5 Å². The molecule has 0 saturated carbocycles. The maximum absolute atomic E-state index is 12.6. The molecule has 0 fully saturated rings. The van der Waals surface area contributed by atoms with Crippen molar-refractivity contribution in [3.05, 3.63) is 52.7 Å². The normalized spacial score (nSPS) is 10.3. The lowest BCUT2D eigenvalue weighted by atomic mass is 10.2. The first-order valence-corrected chi connectivity index (χ1v) is 9.46. The lowest BCUT2D eigenvalue weighted by Crippen LogP contribution is -2.46. The van der Waals surface area contributed by atoms with Crippen LogP contribution in [0.25, 0.3) is 0 Å². The van der Waals surface area contributed by atoms with Gasteiger partial charge in [-0.05, 0) is 30.5 Å². The number of hydrogen-bond acceptors (Lipinski definition) is 5. The van der Waals surface area contributed by atoms with Gasteiger partial charge in [-0.3, -0.25) is 14.4 Å². The molecule has 0 bridgehead atoms. The second kappa shape index (κ2) is 10.3. The molecule has 0 atom stereocenters. The second-order valence-electron chi connectivity index (χ2n) is 5.85. The van der Waals surface area contributed by atoms with E-state index in [0.29, 0.717) is 18.8 Å². The van der Waals surface area contributed by atoms with Gasteiger partial charge in [-0.2, -0.15) is 0 Å². The average molecular weight is 389 g/mol. The quantitative estimate of drug-likeness (QED) is 0.647. The van der Waals surface area contributed by atoms with Crippen molar-refractivity contribution in [1.82, 2.24) is 10.2 Å². The van der Waals surface area contributed by atoms with Crippen molar-refractivity contribution >= 4 is 34.8 Å². The van der Waals surface area contributed by atoms with E-state index in [4.69, 9.17) is 5.11 Å². The number of carbonyl (C=O) groups is 3. The molecule has 2 rings (SSSR count). The highest BCUT2D eigenvalue weighted by atomic mass is 32.1. The fourth-order valence-corrected chi connectivity index (χ4v) is 3.15. The molecule has 0 aliphatic carbocycles. The number of rotatable bonds is 10. The first kappa shape index (κ1) is 20.4. The van der Waals surface area contributed by atoms with Crippen molar-refractivity contribution in [2.75, 3.05) is 31.1 Å². The zero-order chi connectivity index (χ0) is 19.6. The monoisotopic (exact) mass is 389 g/mol. The third kappa shape index (κ3) is 6.74. The van der Waals surface area contributed by atoms with Crippen LogP contribution < -0.4 is 10.2 Å². The topological polar surface area (TPSA) is 90.0 Å². The standard InChI is InChI=1S/C19H23N3O4S/c1-2-21(12-17(23)20-11-16-9-6-10-27-16)18(24)13-22(14-19(25)26)15-7-4-3-5-8-15/h3-10H,2,11-14H2,1H3,(H,20,23)(H,25,26). The number of para-hydroxylation sites is 1. The Labute approximate surface area is 162 Å². The number of hydrogen-bond donors (Lipinski definition) is 2. The van der Waals surface area contributed by atoms with Gasteiger partial charge in [0.05, 0.1) is 19.6 Å². The summed E-state index contributed by atoms with van der Waals surface area (Å²) in [6.07, 6.45) is 0. The third-order valence-electron chi connectivity index (χ3n) is 3.88. The molecule has 0 saturated heterocycles. The lowest BCUT2D eigenvalue weighted by molar-refractivity contribution is -0.136. The van der Waals surface area contributed by atoms with Gasteiger partial charge in [-0.15, -0.1) is 11.3 Å². The minimum atomic E-state index is -1.02. The van der Waals surface area contributed by atoms with Gasteiger partial charge in [0.2, 0.25) is 11.8 Å². The summed E-state index contributed by atoms with van der Waals surface area (Å²) >= 11 is 1.55. The van der Waals surface area contributed by atoms with E-state index >= 15 is 0 Å². The first-order valence-electron chi connectivity index (χ1n) is 8.58. The van der Waals surface area contributed by atoms with E-state index < -0.39 is 5.97 Å². The van der Waals surface area contributed by atoms with Gasteiger partial charge >= 0.3 is 5.97 Å². The highest BCUT2D eigenvalue weighted by Crippen LogP contribution is 2.13. The summed E-state index contributed by atoms with van der Waals surface area (Å²) in [5, 5.41) is 13.9. The zero-order valence-electron chi connectivity index (χ0n) is 15.1. The number of amides is 2. The summed E-state index contributed by atoms with van der Waals surface area (Å²) < 4.78 is 0. The number of nitrogens with one attached hydrogen (secondary N) is 1. The molecule has 144 valence electrons. The van der Waals surface area contributed by atoms with Crippen LogP contribution in [-0.4, -0.2) is 54.0 Å². The summed E-state index contributed by atoms with van der Waals surface area (Å²) in [6.45, 7) is 2.11. The van der Waals surface area contributed by atoms with E-state index in [1.165, 1.54) is 9.80 Å². The van der Waals surface area contributed by atoms with E-state index in [2.05, 4.69) is 5.32 Å². The number of nitrogens with zero attached hydrogens (tertiary/aromatic N) is 2. The fraction of sp³-hybridized carbons (Fsp3) is 0.316. The predicted octanol–water partition coefficient (Wildman–Crippen LogP) is 1.80. The Morgan fingerprint density at radius 2 is 1.78 bits per heavy atom. The summed E-state index contributed by atoms with van der Waals surface area (Å²) in [7, 11) is 0. The maximum atomic E-state index is 12.6. The van der Waals surface area contributed by atoms with Crippen LogP contribution in [0.15, 0.2) is 47.8 Å². The highest BCUT2D eigenvalue weighted by molar-refractivity contribution is 7.09. The number of carbonyl (C=O) groups excluding carboxylic acids is 2. The Hall–Kier alpha value is -2.87. The van der Waals surface area contributed by atoms with Gasteiger partial charge in [0, 0.05) is 17.1 Å². The molecule has 7 nitrogen and oxygen atoms in total. The van der Waals surface area contributed by atoms with E-state index in [1.807, 2.05) is 23.6 Å². The van der Waals surface area contributed by atoms with Crippen molar-refractivity contribution in [2.24, 2.45) is 0 Å². The van der Waals surface area contributed by atoms with Gasteiger partial charge in [0.25, 0.3) is 0 Å². The molecule has 2 N–H and O–H groups in total. The van der Waals surface area contributed by atoms with Crippen LogP contribution in [-0.2, 0) is 20.9 Å². The third-order valence-corrected chi connectivity index (χ3v) is 4.76. The molecule has 0 aliphatic rings. The smallest absolute Gasteiger partial charge is 0.323 e. The number of benzene rings is 1. The minimum Gasteiger partial charge on any atom is -0.480 e. The van der Waals surface area contributed by atoms with Gasteiger partial charge in [0.1, 0.15) is 6.54 Å². The summed E-state index contributed by atoms with van der Waals surface area (Å²) in [5.74, 6) is -1.57.